The Labute approximate surface area is 153 Å². The number of pyridine rings is 1. The fraction of sp³-hybridized carbons (Fsp3) is 0.350. The van der Waals surface area contributed by atoms with E-state index in [1.807, 2.05) is 35.2 Å². The molecule has 0 spiro atoms. The predicted octanol–water partition coefficient (Wildman–Crippen LogP) is 2.50. The number of aromatic nitrogens is 1. The Kier molecular flexibility index (Phi) is 5.84. The molecule has 0 bridgehead atoms. The molecule has 6 nitrogen and oxygen atoms in total. The standard InChI is InChI=1S/C20H23N3O3/c1-26-17-6-2-5-15(13-17)18-9-8-16(14-22-18)20(25)21-10-4-12-23-11-3-7-19(23)24/h2,5-6,8-9,13-14H,3-4,7,10-12H2,1H3,(H,21,25). The van der Waals surface area contributed by atoms with E-state index < -0.39 is 0 Å². The number of nitrogens with one attached hydrogen (secondary N) is 1. The highest BCUT2D eigenvalue weighted by atomic mass is 16.5. The molecule has 136 valence electrons. The van der Waals surface area contributed by atoms with Gasteiger partial charge in [0.2, 0.25) is 5.91 Å². The van der Waals surface area contributed by atoms with Crippen molar-refractivity contribution in [2.24, 2.45) is 0 Å². The zero-order chi connectivity index (χ0) is 18.4. The van der Waals surface area contributed by atoms with Gasteiger partial charge in [0.05, 0.1) is 18.4 Å². The van der Waals surface area contributed by atoms with Gasteiger partial charge in [0.1, 0.15) is 5.75 Å². The first-order valence-corrected chi connectivity index (χ1v) is 8.84. The van der Waals surface area contributed by atoms with Crippen LogP contribution in [-0.4, -0.2) is 48.4 Å². The molecular weight excluding hydrogens is 330 g/mol. The minimum absolute atomic E-state index is 0.151. The van der Waals surface area contributed by atoms with E-state index in [0.29, 0.717) is 25.1 Å². The summed E-state index contributed by atoms with van der Waals surface area (Å²) in [7, 11) is 1.62. The molecule has 1 fully saturated rings. The van der Waals surface area contributed by atoms with Crippen LogP contribution in [0.2, 0.25) is 0 Å². The average Bonchev–Trinajstić information content (AvgIpc) is 3.10. The van der Waals surface area contributed by atoms with E-state index in [2.05, 4.69) is 10.3 Å². The van der Waals surface area contributed by atoms with Crippen LogP contribution in [-0.2, 0) is 4.79 Å². The highest BCUT2D eigenvalue weighted by Gasteiger charge is 2.19. The third-order valence-corrected chi connectivity index (χ3v) is 4.45. The van der Waals surface area contributed by atoms with Crippen molar-refractivity contribution >= 4 is 11.8 Å². The van der Waals surface area contributed by atoms with Crippen molar-refractivity contribution < 1.29 is 14.3 Å². The van der Waals surface area contributed by atoms with Gasteiger partial charge in [0.15, 0.2) is 0 Å². The Balaban J connectivity index is 1.51. The molecule has 0 unspecified atom stereocenters. The molecule has 6 heteroatoms. The van der Waals surface area contributed by atoms with E-state index in [9.17, 15) is 9.59 Å². The fourth-order valence-corrected chi connectivity index (χ4v) is 3.00. The van der Waals surface area contributed by atoms with E-state index in [0.717, 1.165) is 36.4 Å². The van der Waals surface area contributed by atoms with E-state index >= 15 is 0 Å². The number of carbonyl (C=O) groups is 2. The zero-order valence-electron chi connectivity index (χ0n) is 14.9. The molecule has 2 amide bonds. The predicted molar refractivity (Wildman–Crippen MR) is 99.0 cm³/mol. The lowest BCUT2D eigenvalue weighted by Crippen LogP contribution is -2.30. The van der Waals surface area contributed by atoms with Crippen molar-refractivity contribution in [2.75, 3.05) is 26.7 Å². The van der Waals surface area contributed by atoms with Crippen LogP contribution in [0.4, 0.5) is 0 Å². The number of carbonyl (C=O) groups excluding carboxylic acids is 2. The van der Waals surface area contributed by atoms with Crippen LogP contribution in [0.15, 0.2) is 42.6 Å². The molecule has 1 aliphatic heterocycles. The van der Waals surface area contributed by atoms with E-state index in [4.69, 9.17) is 4.74 Å². The molecule has 1 aromatic carbocycles. The summed E-state index contributed by atoms with van der Waals surface area (Å²) in [6.45, 7) is 2.08. The maximum atomic E-state index is 12.2. The smallest absolute Gasteiger partial charge is 0.252 e. The molecule has 0 saturated carbocycles. The summed E-state index contributed by atoms with van der Waals surface area (Å²) in [5.74, 6) is 0.832. The molecule has 1 aromatic heterocycles. The summed E-state index contributed by atoms with van der Waals surface area (Å²) >= 11 is 0. The summed E-state index contributed by atoms with van der Waals surface area (Å²) in [6, 6.07) is 11.2. The Morgan fingerprint density at radius 3 is 2.88 bits per heavy atom. The summed E-state index contributed by atoms with van der Waals surface area (Å²) in [5, 5.41) is 2.88. The second kappa shape index (κ2) is 8.47. The summed E-state index contributed by atoms with van der Waals surface area (Å²) in [5.41, 5.74) is 2.24. The highest BCUT2D eigenvalue weighted by Crippen LogP contribution is 2.22. The van der Waals surface area contributed by atoms with Crippen LogP contribution < -0.4 is 10.1 Å². The molecule has 1 aliphatic rings. The molecule has 3 rings (SSSR count). The summed E-state index contributed by atoms with van der Waals surface area (Å²) < 4.78 is 5.22. The van der Waals surface area contributed by atoms with Gasteiger partial charge in [-0.2, -0.15) is 0 Å². The van der Waals surface area contributed by atoms with Crippen molar-refractivity contribution in [1.82, 2.24) is 15.2 Å². The number of likely N-dealkylation sites (tertiary alicyclic amines) is 1. The topological polar surface area (TPSA) is 71.5 Å². The van der Waals surface area contributed by atoms with Gasteiger partial charge in [-0.1, -0.05) is 12.1 Å². The van der Waals surface area contributed by atoms with Crippen LogP contribution >= 0.6 is 0 Å². The van der Waals surface area contributed by atoms with E-state index in [1.54, 1.807) is 19.4 Å². The molecule has 0 radical (unpaired) electrons. The lowest BCUT2D eigenvalue weighted by Gasteiger charge is -2.15. The van der Waals surface area contributed by atoms with Crippen molar-refractivity contribution in [1.29, 1.82) is 0 Å². The molecule has 0 aliphatic carbocycles. The van der Waals surface area contributed by atoms with Gasteiger partial charge in [-0.3, -0.25) is 14.6 Å². The SMILES string of the molecule is COc1cccc(-c2ccc(C(=O)NCCCN3CCCC3=O)cn2)c1. The van der Waals surface area contributed by atoms with E-state index in [1.165, 1.54) is 0 Å². The lowest BCUT2D eigenvalue weighted by molar-refractivity contribution is -0.127. The van der Waals surface area contributed by atoms with Gasteiger partial charge in [0.25, 0.3) is 5.91 Å². The summed E-state index contributed by atoms with van der Waals surface area (Å²) in [4.78, 5) is 30.0. The molecule has 1 saturated heterocycles. The Bertz CT molecular complexity index is 774. The average molecular weight is 353 g/mol. The largest absolute Gasteiger partial charge is 0.497 e. The van der Waals surface area contributed by atoms with Crippen LogP contribution in [0.1, 0.15) is 29.6 Å². The molecule has 26 heavy (non-hydrogen) atoms. The molecule has 1 N–H and O–H groups in total. The first-order valence-electron chi connectivity index (χ1n) is 8.84. The molecule has 2 heterocycles. The third kappa shape index (κ3) is 4.39. The number of hydrogen-bond acceptors (Lipinski definition) is 4. The second-order valence-corrected chi connectivity index (χ2v) is 6.26. The van der Waals surface area contributed by atoms with Gasteiger partial charge in [-0.25, -0.2) is 0 Å². The van der Waals surface area contributed by atoms with Crippen LogP contribution in [0.5, 0.6) is 5.75 Å². The number of amides is 2. The number of methoxy groups -OCH3 is 1. The molecule has 0 atom stereocenters. The van der Waals surface area contributed by atoms with Crippen LogP contribution in [0.3, 0.4) is 0 Å². The number of nitrogens with zero attached hydrogens (tertiary/aromatic N) is 2. The normalized spacial score (nSPS) is 13.7. The van der Waals surface area contributed by atoms with Gasteiger partial charge in [-0.05, 0) is 37.1 Å². The number of rotatable bonds is 7. The number of hydrogen-bond donors (Lipinski definition) is 1. The van der Waals surface area contributed by atoms with Gasteiger partial charge in [-0.15, -0.1) is 0 Å². The first kappa shape index (κ1) is 17.9. The van der Waals surface area contributed by atoms with Gasteiger partial charge in [0, 0.05) is 37.8 Å². The summed E-state index contributed by atoms with van der Waals surface area (Å²) in [6.07, 6.45) is 3.93. The molecular formula is C20H23N3O3. The van der Waals surface area contributed by atoms with E-state index in [-0.39, 0.29) is 11.8 Å². The lowest BCUT2D eigenvalue weighted by atomic mass is 10.1. The van der Waals surface area contributed by atoms with Crippen molar-refractivity contribution in [3.8, 4) is 17.0 Å². The maximum Gasteiger partial charge on any atom is 0.252 e. The van der Waals surface area contributed by atoms with Crippen LogP contribution in [0.25, 0.3) is 11.3 Å². The quantitative estimate of drug-likeness (QED) is 0.777. The number of benzene rings is 1. The maximum absolute atomic E-state index is 12.2. The number of ether oxygens (including phenoxy) is 1. The second-order valence-electron chi connectivity index (χ2n) is 6.26. The molecule has 2 aromatic rings. The third-order valence-electron chi connectivity index (χ3n) is 4.45. The highest BCUT2D eigenvalue weighted by molar-refractivity contribution is 5.94. The minimum Gasteiger partial charge on any atom is -0.497 e. The Morgan fingerprint density at radius 1 is 1.31 bits per heavy atom. The minimum atomic E-state index is -0.151. The van der Waals surface area contributed by atoms with Crippen LogP contribution in [0, 0.1) is 0 Å². The first-order chi connectivity index (χ1) is 12.7. The van der Waals surface area contributed by atoms with Crippen molar-refractivity contribution in [3.63, 3.8) is 0 Å². The Hall–Kier alpha value is -2.89. The fourth-order valence-electron chi connectivity index (χ4n) is 3.00. The van der Waals surface area contributed by atoms with Gasteiger partial charge >= 0.3 is 0 Å². The monoisotopic (exact) mass is 353 g/mol. The van der Waals surface area contributed by atoms with Crippen molar-refractivity contribution in [3.05, 3.63) is 48.2 Å². The van der Waals surface area contributed by atoms with Gasteiger partial charge < -0.3 is 15.0 Å². The zero-order valence-corrected chi connectivity index (χ0v) is 14.9. The van der Waals surface area contributed by atoms with Crippen molar-refractivity contribution in [2.45, 2.75) is 19.3 Å². The Morgan fingerprint density at radius 2 is 2.19 bits per heavy atom.